The molecule has 0 aliphatic heterocycles. The van der Waals surface area contributed by atoms with Crippen molar-refractivity contribution in [2.24, 2.45) is 0 Å². The van der Waals surface area contributed by atoms with Crippen LogP contribution in [-0.2, 0) is 25.6 Å². The highest BCUT2D eigenvalue weighted by Gasteiger charge is 2.34. The molecule has 0 aromatic heterocycles. The van der Waals surface area contributed by atoms with Gasteiger partial charge in [-0.1, -0.05) is 48.5 Å². The number of benzene rings is 3. The fraction of sp³-hybridized carbons (Fsp3) is 0.222. The van der Waals surface area contributed by atoms with Crippen molar-refractivity contribution >= 4 is 18.2 Å². The highest BCUT2D eigenvalue weighted by atomic mass is 16.6. The highest BCUT2D eigenvalue weighted by Crippen LogP contribution is 2.17. The van der Waals surface area contributed by atoms with E-state index in [4.69, 9.17) is 18.9 Å². The van der Waals surface area contributed by atoms with Crippen LogP contribution in [0.15, 0.2) is 84.9 Å². The van der Waals surface area contributed by atoms with E-state index in [9.17, 15) is 19.5 Å². The molecule has 0 aliphatic carbocycles. The topological polar surface area (TPSA) is 108 Å². The SMILES string of the molecule is COc1ccc(COC(C=O)C(OC(=O)c2ccccc2)C(O)COC(=O)c2ccccc2)cc1. The Morgan fingerprint density at radius 2 is 1.43 bits per heavy atom. The molecule has 3 unspecified atom stereocenters. The standard InChI is InChI=1S/C27H26O8/c1-32-22-14-12-19(13-15-22)17-33-24(16-28)25(35-27(31)21-10-6-3-7-11-21)23(29)18-34-26(30)20-8-4-2-5-9-20/h2-16,23-25,29H,17-18H2,1H3. The second kappa shape index (κ2) is 13.0. The molecule has 3 aromatic carbocycles. The molecule has 0 spiro atoms. The monoisotopic (exact) mass is 478 g/mol. The van der Waals surface area contributed by atoms with Crippen LogP contribution >= 0.6 is 0 Å². The molecule has 3 atom stereocenters. The Bertz CT molecular complexity index is 1080. The molecule has 0 bridgehead atoms. The van der Waals surface area contributed by atoms with Gasteiger partial charge < -0.3 is 28.8 Å². The Labute approximate surface area is 203 Å². The quantitative estimate of drug-likeness (QED) is 0.312. The Morgan fingerprint density at radius 1 is 0.857 bits per heavy atom. The van der Waals surface area contributed by atoms with Crippen molar-refractivity contribution in [1.29, 1.82) is 0 Å². The van der Waals surface area contributed by atoms with Gasteiger partial charge in [-0.15, -0.1) is 0 Å². The van der Waals surface area contributed by atoms with E-state index in [0.717, 1.165) is 5.56 Å². The largest absolute Gasteiger partial charge is 0.497 e. The number of aldehydes is 1. The van der Waals surface area contributed by atoms with E-state index < -0.39 is 36.9 Å². The van der Waals surface area contributed by atoms with Crippen LogP contribution in [0.5, 0.6) is 5.75 Å². The van der Waals surface area contributed by atoms with E-state index in [2.05, 4.69) is 0 Å². The van der Waals surface area contributed by atoms with Crippen LogP contribution in [0.2, 0.25) is 0 Å². The van der Waals surface area contributed by atoms with Gasteiger partial charge in [0.2, 0.25) is 0 Å². The maximum Gasteiger partial charge on any atom is 0.338 e. The van der Waals surface area contributed by atoms with Gasteiger partial charge in [-0.2, -0.15) is 0 Å². The lowest BCUT2D eigenvalue weighted by Crippen LogP contribution is -2.46. The van der Waals surface area contributed by atoms with E-state index in [1.165, 1.54) is 12.1 Å². The van der Waals surface area contributed by atoms with Crippen LogP contribution in [0.3, 0.4) is 0 Å². The van der Waals surface area contributed by atoms with Gasteiger partial charge in [-0.05, 0) is 42.0 Å². The van der Waals surface area contributed by atoms with E-state index in [1.54, 1.807) is 79.9 Å². The van der Waals surface area contributed by atoms with Crippen LogP contribution < -0.4 is 4.74 Å². The van der Waals surface area contributed by atoms with Crippen molar-refractivity contribution in [2.45, 2.75) is 24.9 Å². The number of hydrogen-bond donors (Lipinski definition) is 1. The summed E-state index contributed by atoms with van der Waals surface area (Å²) in [4.78, 5) is 36.8. The predicted molar refractivity (Wildman–Crippen MR) is 126 cm³/mol. The molecule has 182 valence electrons. The van der Waals surface area contributed by atoms with Crippen LogP contribution in [-0.4, -0.2) is 55.4 Å². The zero-order valence-electron chi connectivity index (χ0n) is 19.1. The molecule has 1 N–H and O–H groups in total. The number of carbonyl (C=O) groups is 3. The van der Waals surface area contributed by atoms with Gasteiger partial charge in [0.05, 0.1) is 24.8 Å². The van der Waals surface area contributed by atoms with E-state index >= 15 is 0 Å². The van der Waals surface area contributed by atoms with Gasteiger partial charge >= 0.3 is 11.9 Å². The molecule has 0 aliphatic rings. The van der Waals surface area contributed by atoms with Gasteiger partial charge in [-0.3, -0.25) is 0 Å². The lowest BCUT2D eigenvalue weighted by atomic mass is 10.1. The number of carbonyl (C=O) groups excluding carboxylic acids is 3. The number of hydrogen-bond acceptors (Lipinski definition) is 8. The molecular formula is C27H26O8. The minimum atomic E-state index is -1.53. The fourth-order valence-electron chi connectivity index (χ4n) is 3.17. The first kappa shape index (κ1) is 25.6. The molecule has 0 saturated carbocycles. The van der Waals surface area contributed by atoms with Gasteiger partial charge in [-0.25, -0.2) is 9.59 Å². The summed E-state index contributed by atoms with van der Waals surface area (Å²) in [6.45, 7) is -0.514. The second-order valence-electron chi connectivity index (χ2n) is 7.53. The number of ether oxygens (including phenoxy) is 4. The molecule has 35 heavy (non-hydrogen) atoms. The lowest BCUT2D eigenvalue weighted by molar-refractivity contribution is -0.139. The summed E-state index contributed by atoms with van der Waals surface area (Å²) in [5.41, 5.74) is 1.25. The molecule has 8 heteroatoms. The first-order valence-electron chi connectivity index (χ1n) is 10.9. The van der Waals surface area contributed by atoms with Crippen molar-refractivity contribution in [1.82, 2.24) is 0 Å². The maximum atomic E-state index is 12.7. The van der Waals surface area contributed by atoms with Gasteiger partial charge in [0.15, 0.2) is 18.5 Å². The van der Waals surface area contributed by atoms with Crippen molar-refractivity contribution in [3.8, 4) is 5.75 Å². The highest BCUT2D eigenvalue weighted by molar-refractivity contribution is 5.90. The summed E-state index contributed by atoms with van der Waals surface area (Å²) in [5, 5.41) is 10.8. The summed E-state index contributed by atoms with van der Waals surface area (Å²) < 4.78 is 21.4. The fourth-order valence-corrected chi connectivity index (χ4v) is 3.17. The van der Waals surface area contributed by atoms with Crippen molar-refractivity contribution in [3.63, 3.8) is 0 Å². The summed E-state index contributed by atoms with van der Waals surface area (Å²) >= 11 is 0. The average Bonchev–Trinajstić information content (AvgIpc) is 2.92. The van der Waals surface area contributed by atoms with Crippen LogP contribution in [0.4, 0.5) is 0 Å². The molecule has 3 rings (SSSR count). The van der Waals surface area contributed by atoms with E-state index in [0.29, 0.717) is 17.6 Å². The molecule has 0 saturated heterocycles. The third-order valence-electron chi connectivity index (χ3n) is 5.09. The number of rotatable bonds is 12. The van der Waals surface area contributed by atoms with Crippen LogP contribution in [0, 0.1) is 0 Å². The lowest BCUT2D eigenvalue weighted by Gasteiger charge is -2.27. The first-order chi connectivity index (χ1) is 17.0. The van der Waals surface area contributed by atoms with Crippen LogP contribution in [0.25, 0.3) is 0 Å². The Morgan fingerprint density at radius 3 is 1.97 bits per heavy atom. The summed E-state index contributed by atoms with van der Waals surface area (Å²) in [6, 6.07) is 23.3. The smallest absolute Gasteiger partial charge is 0.338 e. The van der Waals surface area contributed by atoms with Gasteiger partial charge in [0.1, 0.15) is 18.5 Å². The Hall–Kier alpha value is -4.01. The minimum Gasteiger partial charge on any atom is -0.497 e. The third-order valence-corrected chi connectivity index (χ3v) is 5.09. The molecule has 0 radical (unpaired) electrons. The summed E-state index contributed by atoms with van der Waals surface area (Å²) in [6.07, 6.45) is -3.84. The second-order valence-corrected chi connectivity index (χ2v) is 7.53. The molecule has 0 fully saturated rings. The summed E-state index contributed by atoms with van der Waals surface area (Å²) in [7, 11) is 1.55. The van der Waals surface area contributed by atoms with Crippen molar-refractivity contribution < 1.29 is 38.4 Å². The molecule has 8 nitrogen and oxygen atoms in total. The number of aliphatic hydroxyl groups excluding tert-OH is 1. The zero-order valence-corrected chi connectivity index (χ0v) is 19.1. The Balaban J connectivity index is 1.72. The van der Waals surface area contributed by atoms with E-state index in [-0.39, 0.29) is 12.2 Å². The van der Waals surface area contributed by atoms with Crippen molar-refractivity contribution in [3.05, 3.63) is 102 Å². The molecule has 0 amide bonds. The molecular weight excluding hydrogens is 452 g/mol. The zero-order chi connectivity index (χ0) is 25.0. The number of methoxy groups -OCH3 is 1. The normalized spacial score (nSPS) is 13.2. The number of aliphatic hydroxyl groups is 1. The maximum absolute atomic E-state index is 12.7. The molecule has 3 aromatic rings. The third kappa shape index (κ3) is 7.49. The first-order valence-corrected chi connectivity index (χ1v) is 10.9. The van der Waals surface area contributed by atoms with E-state index in [1.807, 2.05) is 0 Å². The van der Waals surface area contributed by atoms with Crippen molar-refractivity contribution in [2.75, 3.05) is 13.7 Å². The van der Waals surface area contributed by atoms with Crippen LogP contribution in [0.1, 0.15) is 26.3 Å². The molecule has 0 heterocycles. The Kier molecular flexibility index (Phi) is 9.53. The van der Waals surface area contributed by atoms with Gasteiger partial charge in [0, 0.05) is 0 Å². The number of esters is 2. The summed E-state index contributed by atoms with van der Waals surface area (Å²) in [5.74, 6) is -0.769. The van der Waals surface area contributed by atoms with Gasteiger partial charge in [0.25, 0.3) is 0 Å². The predicted octanol–water partition coefficient (Wildman–Crippen LogP) is 3.22. The average molecular weight is 478 g/mol. The minimum absolute atomic E-state index is 0.00329.